The van der Waals surface area contributed by atoms with E-state index in [0.717, 1.165) is 16.7 Å². The molecule has 0 aromatic carbocycles. The van der Waals surface area contributed by atoms with Gasteiger partial charge in [0, 0.05) is 18.1 Å². The molecule has 2 atom stereocenters. The van der Waals surface area contributed by atoms with E-state index in [1.54, 1.807) is 6.92 Å². The molecule has 0 radical (unpaired) electrons. The van der Waals surface area contributed by atoms with Crippen LogP contribution in [0.5, 0.6) is 0 Å². The molecule has 0 bridgehead atoms. The van der Waals surface area contributed by atoms with Crippen molar-refractivity contribution >= 4 is 76.8 Å². The fourth-order valence-corrected chi connectivity index (χ4v) is 6.06. The number of aromatic nitrogens is 3. The molecular weight excluding hydrogens is 517 g/mol. The van der Waals surface area contributed by atoms with Crippen LogP contribution in [0.1, 0.15) is 6.92 Å². The van der Waals surface area contributed by atoms with E-state index < -0.39 is 46.3 Å². The molecular formula is C17H20N7NaO8S2. The van der Waals surface area contributed by atoms with Gasteiger partial charge in [0.25, 0.3) is 5.91 Å². The van der Waals surface area contributed by atoms with Crippen molar-refractivity contribution in [3.8, 4) is 0 Å². The van der Waals surface area contributed by atoms with Gasteiger partial charge < -0.3 is 15.3 Å². The Morgan fingerprint density at radius 3 is 2.69 bits per heavy atom. The number of thioether (sulfide) groups is 2. The summed E-state index contributed by atoms with van der Waals surface area (Å²) in [6, 6.07) is -0.911. The van der Waals surface area contributed by atoms with Gasteiger partial charge in [0.15, 0.2) is 5.16 Å². The van der Waals surface area contributed by atoms with Crippen molar-refractivity contribution < 1.29 is 29.1 Å². The van der Waals surface area contributed by atoms with E-state index in [4.69, 9.17) is 0 Å². The number of H-pyrrole nitrogens is 1. The van der Waals surface area contributed by atoms with Gasteiger partial charge in [-0.3, -0.25) is 28.6 Å². The molecule has 2 saturated heterocycles. The Morgan fingerprint density at radius 1 is 1.31 bits per heavy atom. The van der Waals surface area contributed by atoms with Crippen LogP contribution in [-0.4, -0.2) is 119 Å². The zero-order chi connectivity index (χ0) is 24.6. The third kappa shape index (κ3) is 5.50. The molecule has 18 heteroatoms. The summed E-state index contributed by atoms with van der Waals surface area (Å²) in [6.45, 7) is 1.52. The van der Waals surface area contributed by atoms with Crippen LogP contribution in [0.3, 0.4) is 0 Å². The van der Waals surface area contributed by atoms with E-state index in [9.17, 15) is 33.9 Å². The standard InChI is InChI=1S/C17H19N7O8S2.Na.H/c1-2-23-14(29)12(27)19-20-17(23)34-6-7-5-33-15-10(13(28)24(15)11(7)16(30)31)18-8(25)3-22-4-9(26)32-21-22;;/h10,15,21H,2-6H2,1H3,(H,18,25)(H,19,27)(H,30,31);;/t10-,15-;;/m1../s1. The van der Waals surface area contributed by atoms with Crippen LogP contribution in [0, 0.1) is 0 Å². The number of amides is 2. The van der Waals surface area contributed by atoms with E-state index in [-0.39, 0.29) is 71.6 Å². The summed E-state index contributed by atoms with van der Waals surface area (Å²) in [4.78, 5) is 77.2. The Kier molecular flexibility index (Phi) is 8.84. The number of β-lactam (4-membered cyclic amide) rings is 1. The average Bonchev–Trinajstić information content (AvgIpc) is 3.21. The number of hydrogen-bond acceptors (Lipinski definition) is 12. The van der Waals surface area contributed by atoms with Crippen LogP contribution in [0.15, 0.2) is 26.0 Å². The number of carbonyl (C=O) groups excluding carboxylic acids is 3. The molecule has 184 valence electrons. The van der Waals surface area contributed by atoms with E-state index in [0.29, 0.717) is 5.57 Å². The van der Waals surface area contributed by atoms with Crippen molar-refractivity contribution in [3.63, 3.8) is 0 Å². The summed E-state index contributed by atoms with van der Waals surface area (Å²) in [5.74, 6) is -2.55. The summed E-state index contributed by atoms with van der Waals surface area (Å²) in [7, 11) is 0. The molecule has 2 fully saturated rings. The quantitative estimate of drug-likeness (QED) is 0.110. The van der Waals surface area contributed by atoms with Crippen LogP contribution >= 0.6 is 23.5 Å². The number of hydrogen-bond donors (Lipinski definition) is 4. The number of nitrogens with zero attached hydrogens (tertiary/aromatic N) is 4. The minimum atomic E-state index is -1.29. The Balaban J connectivity index is 0.00000342. The Bertz CT molecular complexity index is 1220. The number of nitrogens with one attached hydrogen (secondary N) is 3. The number of carboxylic acids is 1. The maximum atomic E-state index is 12.7. The zero-order valence-electron chi connectivity index (χ0n) is 17.6. The normalized spacial score (nSPS) is 21.7. The first-order valence-electron chi connectivity index (χ1n) is 9.93. The van der Waals surface area contributed by atoms with E-state index in [1.807, 2.05) is 0 Å². The molecule has 4 heterocycles. The minimum absolute atomic E-state index is 0. The molecule has 2 amide bonds. The third-order valence-corrected chi connectivity index (χ3v) is 7.53. The molecule has 0 saturated carbocycles. The van der Waals surface area contributed by atoms with Crippen LogP contribution in [0.25, 0.3) is 0 Å². The molecule has 3 aliphatic rings. The Morgan fingerprint density at radius 2 is 2.06 bits per heavy atom. The summed E-state index contributed by atoms with van der Waals surface area (Å²) in [5, 5.41) is 19.2. The topological polar surface area (TPSA) is 196 Å². The Hall–Kier alpha value is -2.15. The molecule has 0 unspecified atom stereocenters. The molecule has 0 spiro atoms. The van der Waals surface area contributed by atoms with Crippen LogP contribution < -0.4 is 22.0 Å². The monoisotopic (exact) mass is 537 g/mol. The molecule has 4 rings (SSSR count). The van der Waals surface area contributed by atoms with Gasteiger partial charge in [-0.05, 0) is 12.5 Å². The van der Waals surface area contributed by atoms with Gasteiger partial charge in [-0.15, -0.1) is 16.9 Å². The number of carbonyl (C=O) groups is 4. The van der Waals surface area contributed by atoms with Crippen LogP contribution in [0.2, 0.25) is 0 Å². The first kappa shape index (κ1) is 27.4. The van der Waals surface area contributed by atoms with Crippen LogP contribution in [0.4, 0.5) is 0 Å². The van der Waals surface area contributed by atoms with Crippen molar-refractivity contribution in [2.75, 3.05) is 24.6 Å². The van der Waals surface area contributed by atoms with Gasteiger partial charge in [0.2, 0.25) is 5.91 Å². The van der Waals surface area contributed by atoms with Crippen molar-refractivity contribution in [1.82, 2.24) is 35.6 Å². The molecule has 0 aliphatic carbocycles. The van der Waals surface area contributed by atoms with Gasteiger partial charge in [0.1, 0.15) is 23.7 Å². The number of aliphatic carboxylic acids is 1. The fourth-order valence-electron chi connectivity index (χ4n) is 3.57. The first-order chi connectivity index (χ1) is 16.2. The second-order valence-corrected chi connectivity index (χ2v) is 9.35. The zero-order valence-corrected chi connectivity index (χ0v) is 19.2. The fraction of sp³-hybridized carbons (Fsp3) is 0.471. The summed E-state index contributed by atoms with van der Waals surface area (Å²) >= 11 is 2.36. The van der Waals surface area contributed by atoms with Gasteiger partial charge in [-0.2, -0.15) is 5.01 Å². The van der Waals surface area contributed by atoms with Gasteiger partial charge in [0.05, 0.1) is 6.54 Å². The van der Waals surface area contributed by atoms with Gasteiger partial charge in [-0.25, -0.2) is 14.7 Å². The van der Waals surface area contributed by atoms with Crippen molar-refractivity contribution in [2.45, 2.75) is 30.0 Å². The molecule has 4 N–H and O–H groups in total. The number of fused-ring (bicyclic) bond motifs is 1. The predicted molar refractivity (Wildman–Crippen MR) is 123 cm³/mol. The average molecular weight is 538 g/mol. The van der Waals surface area contributed by atoms with E-state index in [2.05, 4.69) is 25.9 Å². The number of aromatic amines is 1. The second-order valence-electron chi connectivity index (χ2n) is 7.31. The predicted octanol–water partition coefficient (Wildman–Crippen LogP) is -3.59. The van der Waals surface area contributed by atoms with E-state index in [1.165, 1.54) is 21.3 Å². The Labute approximate surface area is 227 Å². The van der Waals surface area contributed by atoms with Crippen LogP contribution in [-0.2, 0) is 30.6 Å². The van der Waals surface area contributed by atoms with Crippen molar-refractivity contribution in [3.05, 3.63) is 32.0 Å². The summed E-state index contributed by atoms with van der Waals surface area (Å²) < 4.78 is 1.18. The number of hydrazine groups is 1. The molecule has 3 aliphatic heterocycles. The van der Waals surface area contributed by atoms with Gasteiger partial charge in [-0.1, -0.05) is 17.4 Å². The van der Waals surface area contributed by atoms with Gasteiger partial charge >= 0.3 is 52.6 Å². The molecule has 1 aromatic rings. The number of carboxylic acid groups (broad SMARTS) is 1. The molecule has 35 heavy (non-hydrogen) atoms. The van der Waals surface area contributed by atoms with E-state index >= 15 is 0 Å². The summed E-state index contributed by atoms with van der Waals surface area (Å²) in [5.41, 5.74) is 0.919. The maximum absolute atomic E-state index is 12.7. The van der Waals surface area contributed by atoms with Crippen molar-refractivity contribution in [2.24, 2.45) is 0 Å². The molecule has 15 nitrogen and oxygen atoms in total. The SMILES string of the molecule is CCn1c(SCC2=C(C(=O)O)N3C(=O)[C@@H](NC(=O)CN4CC(=O)ON4)[C@H]3SC2)n[nH]c(=O)c1=O.[NaH]. The first-order valence-corrected chi connectivity index (χ1v) is 12.0. The molecule has 1 aromatic heterocycles. The third-order valence-electron chi connectivity index (χ3n) is 5.12. The second kappa shape index (κ2) is 11.3. The van der Waals surface area contributed by atoms with Crippen molar-refractivity contribution in [1.29, 1.82) is 0 Å². The number of rotatable bonds is 8. The summed E-state index contributed by atoms with van der Waals surface area (Å²) in [6.07, 6.45) is 0.